The molecule has 152 valence electrons. The lowest BCUT2D eigenvalue weighted by Crippen LogP contribution is -2.52. The Hall–Kier alpha value is -3.19. The van der Waals surface area contributed by atoms with Crippen LogP contribution in [0.2, 0.25) is 0 Å². The van der Waals surface area contributed by atoms with Gasteiger partial charge in [0, 0.05) is 16.0 Å². The van der Waals surface area contributed by atoms with Crippen LogP contribution in [0.5, 0.6) is 0 Å². The highest BCUT2D eigenvalue weighted by atomic mass is 32.2. The summed E-state index contributed by atoms with van der Waals surface area (Å²) >= 11 is 1.08. The van der Waals surface area contributed by atoms with E-state index in [9.17, 15) is 19.2 Å². The van der Waals surface area contributed by atoms with Gasteiger partial charge in [0.05, 0.1) is 23.7 Å². The molecule has 1 aliphatic carbocycles. The van der Waals surface area contributed by atoms with Crippen LogP contribution in [0.25, 0.3) is 0 Å². The predicted octanol–water partition coefficient (Wildman–Crippen LogP) is 3.49. The Bertz CT molecular complexity index is 1110. The second-order valence-corrected chi connectivity index (χ2v) is 7.75. The van der Waals surface area contributed by atoms with E-state index in [4.69, 9.17) is 9.47 Å². The van der Waals surface area contributed by atoms with Crippen LogP contribution in [0.15, 0.2) is 63.9 Å². The summed E-state index contributed by atoms with van der Waals surface area (Å²) in [5.74, 6) is -2.81. The highest BCUT2D eigenvalue weighted by molar-refractivity contribution is 8.04. The zero-order valence-corrected chi connectivity index (χ0v) is 17.2. The molecule has 0 radical (unpaired) electrons. The van der Waals surface area contributed by atoms with Crippen molar-refractivity contribution in [2.24, 2.45) is 0 Å². The van der Waals surface area contributed by atoms with Gasteiger partial charge < -0.3 is 9.47 Å². The van der Waals surface area contributed by atoms with Crippen LogP contribution in [-0.4, -0.2) is 36.7 Å². The maximum absolute atomic E-state index is 13.6. The number of carbonyl (C=O) groups excluding carboxylic acids is 4. The number of ketones is 2. The van der Waals surface area contributed by atoms with E-state index in [1.165, 1.54) is 6.07 Å². The van der Waals surface area contributed by atoms with Crippen molar-refractivity contribution in [2.75, 3.05) is 13.2 Å². The maximum atomic E-state index is 13.6. The van der Waals surface area contributed by atoms with Gasteiger partial charge in [0.25, 0.3) is 0 Å². The number of carbonyl (C=O) groups is 4. The molecule has 0 aromatic heterocycles. The first-order valence-electron chi connectivity index (χ1n) is 9.53. The first kappa shape index (κ1) is 20.1. The second kappa shape index (κ2) is 7.57. The fourth-order valence-electron chi connectivity index (χ4n) is 3.89. The molecule has 0 saturated heterocycles. The number of benzene rings is 2. The SMILES string of the molecule is CCOC(=O)C1(C(=O)OCC)C2=C(Sc3ccccc31)C(=O)c1ccccc1C2=O. The minimum absolute atomic E-state index is 0.00334. The molecule has 0 amide bonds. The first-order valence-corrected chi connectivity index (χ1v) is 10.3. The van der Waals surface area contributed by atoms with Crippen molar-refractivity contribution in [2.45, 2.75) is 24.2 Å². The van der Waals surface area contributed by atoms with Gasteiger partial charge in [-0.25, -0.2) is 0 Å². The van der Waals surface area contributed by atoms with Gasteiger partial charge in [-0.1, -0.05) is 54.2 Å². The average molecular weight is 422 g/mol. The van der Waals surface area contributed by atoms with E-state index in [0.29, 0.717) is 4.90 Å². The number of thioether (sulfide) groups is 1. The number of esters is 2. The Morgan fingerprint density at radius 2 is 1.37 bits per heavy atom. The van der Waals surface area contributed by atoms with E-state index in [1.807, 2.05) is 0 Å². The van der Waals surface area contributed by atoms with Gasteiger partial charge in [0.1, 0.15) is 0 Å². The zero-order valence-electron chi connectivity index (χ0n) is 16.4. The summed E-state index contributed by atoms with van der Waals surface area (Å²) in [7, 11) is 0. The topological polar surface area (TPSA) is 86.7 Å². The molecule has 30 heavy (non-hydrogen) atoms. The molecule has 6 nitrogen and oxygen atoms in total. The molecule has 7 heteroatoms. The third kappa shape index (κ3) is 2.65. The van der Waals surface area contributed by atoms with Crippen LogP contribution in [0, 0.1) is 0 Å². The normalized spacial score (nSPS) is 16.3. The molecule has 0 atom stereocenters. The summed E-state index contributed by atoms with van der Waals surface area (Å²) < 4.78 is 10.6. The number of hydrogen-bond acceptors (Lipinski definition) is 7. The van der Waals surface area contributed by atoms with E-state index < -0.39 is 28.9 Å². The molecule has 1 aliphatic heterocycles. The molecule has 0 bridgehead atoms. The summed E-state index contributed by atoms with van der Waals surface area (Å²) in [4.78, 5) is 54.3. The molecular formula is C23H18O6S. The molecule has 2 aliphatic rings. The number of hydrogen-bond donors (Lipinski definition) is 0. The summed E-state index contributed by atoms with van der Waals surface area (Å²) in [6, 6.07) is 13.1. The van der Waals surface area contributed by atoms with E-state index in [1.54, 1.807) is 56.3 Å². The van der Waals surface area contributed by atoms with Crippen molar-refractivity contribution in [3.8, 4) is 0 Å². The van der Waals surface area contributed by atoms with Gasteiger partial charge in [-0.2, -0.15) is 0 Å². The van der Waals surface area contributed by atoms with E-state index in [2.05, 4.69) is 0 Å². The van der Waals surface area contributed by atoms with Crippen molar-refractivity contribution >= 4 is 35.3 Å². The lowest BCUT2D eigenvalue weighted by molar-refractivity contribution is -0.162. The standard InChI is InChI=1S/C23H18O6S/c1-3-28-21(26)23(22(27)29-4-2)15-11-7-8-12-16(15)30-20-17(23)18(24)13-9-5-6-10-14(13)19(20)25/h5-12H,3-4H2,1-2H3. The van der Waals surface area contributed by atoms with Crippen molar-refractivity contribution in [3.63, 3.8) is 0 Å². The molecule has 0 fully saturated rings. The van der Waals surface area contributed by atoms with Crippen LogP contribution in [0.1, 0.15) is 40.1 Å². The molecule has 0 unspecified atom stereocenters. The molecule has 0 saturated carbocycles. The monoisotopic (exact) mass is 422 g/mol. The predicted molar refractivity (Wildman–Crippen MR) is 109 cm³/mol. The number of fused-ring (bicyclic) bond motifs is 2. The summed E-state index contributed by atoms with van der Waals surface area (Å²) in [5, 5.41) is 0. The number of Topliss-reactive ketones (excluding diaryl/α,β-unsaturated/α-hetero) is 2. The smallest absolute Gasteiger partial charge is 0.332 e. The molecule has 2 aromatic rings. The fourth-order valence-corrected chi connectivity index (χ4v) is 5.13. The third-order valence-corrected chi connectivity index (χ3v) is 6.29. The van der Waals surface area contributed by atoms with Crippen LogP contribution in [0.3, 0.4) is 0 Å². The fraction of sp³-hybridized carbons (Fsp3) is 0.217. The van der Waals surface area contributed by atoms with Crippen LogP contribution in [0.4, 0.5) is 0 Å². The average Bonchev–Trinajstić information content (AvgIpc) is 2.76. The molecule has 1 heterocycles. The third-order valence-electron chi connectivity index (χ3n) is 5.12. The second-order valence-electron chi connectivity index (χ2n) is 6.70. The Morgan fingerprint density at radius 3 is 1.97 bits per heavy atom. The Kier molecular flexibility index (Phi) is 5.07. The number of ether oxygens (including phenoxy) is 2. The zero-order chi connectivity index (χ0) is 21.5. The number of rotatable bonds is 4. The first-order chi connectivity index (χ1) is 14.5. The maximum Gasteiger partial charge on any atom is 0.332 e. The van der Waals surface area contributed by atoms with E-state index in [0.717, 1.165) is 11.8 Å². The van der Waals surface area contributed by atoms with Crippen LogP contribution < -0.4 is 0 Å². The van der Waals surface area contributed by atoms with Gasteiger partial charge in [-0.15, -0.1) is 0 Å². The quantitative estimate of drug-likeness (QED) is 0.551. The highest BCUT2D eigenvalue weighted by Gasteiger charge is 2.61. The van der Waals surface area contributed by atoms with Gasteiger partial charge in [0.2, 0.25) is 11.2 Å². The highest BCUT2D eigenvalue weighted by Crippen LogP contribution is 2.53. The summed E-state index contributed by atoms with van der Waals surface area (Å²) in [6.45, 7) is 3.21. The molecule has 2 aromatic carbocycles. The van der Waals surface area contributed by atoms with Crippen molar-refractivity contribution in [1.29, 1.82) is 0 Å². The van der Waals surface area contributed by atoms with Gasteiger partial charge in [0.15, 0.2) is 5.78 Å². The molecular weight excluding hydrogens is 404 g/mol. The lowest BCUT2D eigenvalue weighted by atomic mass is 9.68. The molecule has 0 N–H and O–H groups in total. The van der Waals surface area contributed by atoms with Crippen molar-refractivity contribution in [1.82, 2.24) is 0 Å². The van der Waals surface area contributed by atoms with E-state index in [-0.39, 0.29) is 40.4 Å². The molecule has 4 rings (SSSR count). The molecule has 0 spiro atoms. The Morgan fingerprint density at radius 1 is 0.833 bits per heavy atom. The van der Waals surface area contributed by atoms with Gasteiger partial charge in [-0.05, 0) is 25.5 Å². The summed E-state index contributed by atoms with van der Waals surface area (Å²) in [5.41, 5.74) is -1.67. The lowest BCUT2D eigenvalue weighted by Gasteiger charge is -2.38. The Labute approximate surface area is 177 Å². The van der Waals surface area contributed by atoms with Gasteiger partial charge in [-0.3, -0.25) is 19.2 Å². The van der Waals surface area contributed by atoms with Crippen molar-refractivity contribution in [3.05, 3.63) is 75.7 Å². The summed E-state index contributed by atoms with van der Waals surface area (Å²) in [6.07, 6.45) is 0. The van der Waals surface area contributed by atoms with E-state index >= 15 is 0 Å². The minimum Gasteiger partial charge on any atom is -0.465 e. The largest absolute Gasteiger partial charge is 0.465 e. The van der Waals surface area contributed by atoms with Gasteiger partial charge >= 0.3 is 11.9 Å². The van der Waals surface area contributed by atoms with Crippen LogP contribution in [-0.2, 0) is 24.5 Å². The van der Waals surface area contributed by atoms with Crippen LogP contribution >= 0.6 is 11.8 Å². The van der Waals surface area contributed by atoms with Crippen molar-refractivity contribution < 1.29 is 28.7 Å². The Balaban J connectivity index is 2.10. The number of allylic oxidation sites excluding steroid dienone is 1. The minimum atomic E-state index is -2.16.